The molecule has 0 aromatic carbocycles. The monoisotopic (exact) mass is 304 g/mol. The molecule has 0 radical (unpaired) electrons. The lowest BCUT2D eigenvalue weighted by molar-refractivity contribution is -0.159. The first-order valence-corrected chi connectivity index (χ1v) is 8.34. The Labute approximate surface area is 131 Å². The number of nitrogens with zero attached hydrogens (tertiary/aromatic N) is 2. The summed E-state index contributed by atoms with van der Waals surface area (Å²) in [5.74, 6) is 1.34. The van der Waals surface area contributed by atoms with E-state index in [1.54, 1.807) is 12.4 Å². The second-order valence-corrected chi connectivity index (χ2v) is 6.65. The van der Waals surface area contributed by atoms with Crippen molar-refractivity contribution < 1.29 is 14.2 Å². The van der Waals surface area contributed by atoms with Gasteiger partial charge in [0.15, 0.2) is 0 Å². The number of pyridine rings is 1. The van der Waals surface area contributed by atoms with Crippen LogP contribution in [0.25, 0.3) is 0 Å². The van der Waals surface area contributed by atoms with Crippen LogP contribution in [0.1, 0.15) is 19.3 Å². The third kappa shape index (κ3) is 2.73. The molecular weight excluding hydrogens is 280 g/mol. The maximum absolute atomic E-state index is 6.13. The molecule has 0 bridgehead atoms. The molecule has 1 atom stereocenters. The van der Waals surface area contributed by atoms with Gasteiger partial charge in [-0.1, -0.05) is 0 Å². The van der Waals surface area contributed by atoms with Crippen molar-refractivity contribution in [2.24, 2.45) is 5.92 Å². The third-order valence-electron chi connectivity index (χ3n) is 5.33. The molecule has 0 aliphatic carbocycles. The van der Waals surface area contributed by atoms with Gasteiger partial charge in [0.05, 0.1) is 18.4 Å². The molecule has 3 saturated heterocycles. The van der Waals surface area contributed by atoms with Crippen LogP contribution in [0, 0.1) is 5.92 Å². The lowest BCUT2D eigenvalue weighted by Crippen LogP contribution is -2.68. The fraction of sp³-hybridized carbons (Fsp3) is 0.706. The van der Waals surface area contributed by atoms with Crippen LogP contribution >= 0.6 is 0 Å². The summed E-state index contributed by atoms with van der Waals surface area (Å²) in [6.45, 7) is 5.51. The minimum absolute atomic E-state index is 0.0283. The molecule has 0 saturated carbocycles. The van der Waals surface area contributed by atoms with Gasteiger partial charge in [0.1, 0.15) is 5.75 Å². The molecule has 5 nitrogen and oxygen atoms in total. The SMILES string of the molecule is c1cncc(OC[C@H]2CCOC23CN(C2CCOCC2)C3)c1. The van der Waals surface area contributed by atoms with Crippen molar-refractivity contribution in [2.45, 2.75) is 30.9 Å². The number of hydrogen-bond acceptors (Lipinski definition) is 5. The van der Waals surface area contributed by atoms with Gasteiger partial charge in [-0.05, 0) is 31.4 Å². The Morgan fingerprint density at radius 3 is 2.86 bits per heavy atom. The molecule has 3 fully saturated rings. The van der Waals surface area contributed by atoms with Crippen LogP contribution in [0.15, 0.2) is 24.5 Å². The van der Waals surface area contributed by atoms with Gasteiger partial charge in [-0.2, -0.15) is 0 Å². The number of aromatic nitrogens is 1. The highest BCUT2D eigenvalue weighted by molar-refractivity contribution is 5.16. The van der Waals surface area contributed by atoms with Crippen LogP contribution in [0.2, 0.25) is 0 Å². The highest BCUT2D eigenvalue weighted by atomic mass is 16.5. The van der Waals surface area contributed by atoms with Gasteiger partial charge in [-0.15, -0.1) is 0 Å². The molecule has 0 unspecified atom stereocenters. The summed E-state index contributed by atoms with van der Waals surface area (Å²) in [6, 6.07) is 4.56. The van der Waals surface area contributed by atoms with Gasteiger partial charge < -0.3 is 14.2 Å². The molecular formula is C17H24N2O3. The van der Waals surface area contributed by atoms with Gasteiger partial charge in [-0.25, -0.2) is 0 Å². The highest BCUT2D eigenvalue weighted by Gasteiger charge is 2.54. The second-order valence-electron chi connectivity index (χ2n) is 6.65. The van der Waals surface area contributed by atoms with Crippen molar-refractivity contribution in [3.63, 3.8) is 0 Å². The zero-order valence-electron chi connectivity index (χ0n) is 12.9. The number of hydrogen-bond donors (Lipinski definition) is 0. The number of likely N-dealkylation sites (tertiary alicyclic amines) is 1. The molecule has 22 heavy (non-hydrogen) atoms. The highest BCUT2D eigenvalue weighted by Crippen LogP contribution is 2.42. The average Bonchev–Trinajstić information content (AvgIpc) is 2.97. The van der Waals surface area contributed by atoms with Crippen LogP contribution < -0.4 is 4.74 Å². The van der Waals surface area contributed by atoms with Crippen molar-refractivity contribution in [1.29, 1.82) is 0 Å². The van der Waals surface area contributed by atoms with Gasteiger partial charge in [0, 0.05) is 51.1 Å². The summed E-state index contributed by atoms with van der Waals surface area (Å²) in [6.07, 6.45) is 6.96. The lowest BCUT2D eigenvalue weighted by atomic mass is 9.79. The molecule has 4 rings (SSSR count). The second kappa shape index (κ2) is 6.14. The summed E-state index contributed by atoms with van der Waals surface area (Å²) < 4.78 is 17.5. The Morgan fingerprint density at radius 1 is 1.23 bits per heavy atom. The first-order chi connectivity index (χ1) is 10.9. The van der Waals surface area contributed by atoms with Crippen LogP contribution in [-0.4, -0.2) is 61.0 Å². The summed E-state index contributed by atoms with van der Waals surface area (Å²) in [4.78, 5) is 6.67. The van der Waals surface area contributed by atoms with Crippen molar-refractivity contribution in [3.05, 3.63) is 24.5 Å². The summed E-state index contributed by atoms with van der Waals surface area (Å²) in [5.41, 5.74) is 0.0283. The number of ether oxygens (including phenoxy) is 3. The summed E-state index contributed by atoms with van der Waals surface area (Å²) >= 11 is 0. The molecule has 1 spiro atoms. The van der Waals surface area contributed by atoms with E-state index in [0.717, 1.165) is 64.5 Å². The standard InChI is InChI=1S/C17H24N2O3/c1-2-16(10-18-6-1)21-11-14-3-9-22-17(14)12-19(13-17)15-4-7-20-8-5-15/h1-2,6,10,14-15H,3-5,7-9,11-13H2/t14-/m1/s1. The minimum atomic E-state index is 0.0283. The zero-order valence-corrected chi connectivity index (χ0v) is 12.9. The van der Waals surface area contributed by atoms with E-state index >= 15 is 0 Å². The van der Waals surface area contributed by atoms with Crippen molar-refractivity contribution >= 4 is 0 Å². The molecule has 1 aromatic heterocycles. The van der Waals surface area contributed by atoms with Gasteiger partial charge in [0.2, 0.25) is 0 Å². The van der Waals surface area contributed by atoms with Crippen molar-refractivity contribution in [1.82, 2.24) is 9.88 Å². The quantitative estimate of drug-likeness (QED) is 0.847. The fourth-order valence-corrected chi connectivity index (χ4v) is 3.95. The molecule has 4 heterocycles. The maximum Gasteiger partial charge on any atom is 0.137 e. The van der Waals surface area contributed by atoms with Crippen LogP contribution in [0.3, 0.4) is 0 Å². The topological polar surface area (TPSA) is 43.8 Å². The Hall–Kier alpha value is -1.17. The molecule has 3 aliphatic rings. The Morgan fingerprint density at radius 2 is 2.09 bits per heavy atom. The van der Waals surface area contributed by atoms with E-state index in [1.807, 2.05) is 12.1 Å². The van der Waals surface area contributed by atoms with E-state index in [-0.39, 0.29) is 5.60 Å². The lowest BCUT2D eigenvalue weighted by Gasteiger charge is -2.53. The summed E-state index contributed by atoms with van der Waals surface area (Å²) in [7, 11) is 0. The maximum atomic E-state index is 6.13. The predicted molar refractivity (Wildman–Crippen MR) is 81.9 cm³/mol. The van der Waals surface area contributed by atoms with Gasteiger partial charge >= 0.3 is 0 Å². The van der Waals surface area contributed by atoms with Gasteiger partial charge in [0.25, 0.3) is 0 Å². The molecule has 3 aliphatic heterocycles. The molecule has 120 valence electrons. The first kappa shape index (κ1) is 14.4. The first-order valence-electron chi connectivity index (χ1n) is 8.34. The van der Waals surface area contributed by atoms with Gasteiger partial charge in [-0.3, -0.25) is 9.88 Å². The van der Waals surface area contributed by atoms with Crippen molar-refractivity contribution in [3.8, 4) is 5.75 Å². The zero-order chi connectivity index (χ0) is 14.8. The van der Waals surface area contributed by atoms with E-state index in [4.69, 9.17) is 14.2 Å². The fourth-order valence-electron chi connectivity index (χ4n) is 3.95. The summed E-state index contributed by atoms with van der Waals surface area (Å²) in [5, 5.41) is 0. The molecule has 0 amide bonds. The van der Waals surface area contributed by atoms with Crippen LogP contribution in [0.5, 0.6) is 5.75 Å². The largest absolute Gasteiger partial charge is 0.492 e. The van der Waals surface area contributed by atoms with Crippen molar-refractivity contribution in [2.75, 3.05) is 39.5 Å². The van der Waals surface area contributed by atoms with E-state index in [2.05, 4.69) is 9.88 Å². The smallest absolute Gasteiger partial charge is 0.137 e. The average molecular weight is 304 g/mol. The number of rotatable bonds is 4. The van der Waals surface area contributed by atoms with E-state index < -0.39 is 0 Å². The van der Waals surface area contributed by atoms with E-state index in [1.165, 1.54) is 0 Å². The van der Waals surface area contributed by atoms with Crippen LogP contribution in [-0.2, 0) is 9.47 Å². The Bertz CT molecular complexity index is 484. The van der Waals surface area contributed by atoms with Crippen LogP contribution in [0.4, 0.5) is 0 Å². The van der Waals surface area contributed by atoms with E-state index in [9.17, 15) is 0 Å². The molecule has 0 N–H and O–H groups in total. The Balaban J connectivity index is 1.32. The predicted octanol–water partition coefficient (Wildman–Crippen LogP) is 1.73. The third-order valence-corrected chi connectivity index (χ3v) is 5.33. The Kier molecular flexibility index (Phi) is 4.03. The molecule has 5 heteroatoms. The normalized spacial score (nSPS) is 28.6. The van der Waals surface area contributed by atoms with E-state index in [0.29, 0.717) is 12.0 Å². The minimum Gasteiger partial charge on any atom is -0.492 e. The molecule has 1 aromatic rings.